The standard InChI is InChI=1S/C2H5BOS/c1-2-4-3-5/h2H2,1H3. The summed E-state index contributed by atoms with van der Waals surface area (Å²) >= 11 is 4.30. The SMILES string of the molecule is CCOB=S. The van der Waals surface area contributed by atoms with Gasteiger partial charge in [-0.3, -0.25) is 0 Å². The van der Waals surface area contributed by atoms with Gasteiger partial charge < -0.3 is 0 Å². The normalized spacial score (nSPS) is 5.80. The molecule has 0 aliphatic carbocycles. The fourth-order valence-corrected chi connectivity index (χ4v) is 0.204. The Hall–Kier alpha value is 0.0849. The van der Waals surface area contributed by atoms with Crippen molar-refractivity contribution in [3.05, 3.63) is 0 Å². The fraction of sp³-hybridized carbons (Fsp3) is 1.00. The molecule has 0 amide bonds. The van der Waals surface area contributed by atoms with Crippen LogP contribution in [-0.2, 0) is 4.65 Å². The van der Waals surface area contributed by atoms with Crippen molar-refractivity contribution in [1.82, 2.24) is 0 Å². The fourth-order valence-electron chi connectivity index (χ4n) is 0.0680. The molecule has 0 aliphatic rings. The second-order valence-corrected chi connectivity index (χ2v) is 0.744. The van der Waals surface area contributed by atoms with Gasteiger partial charge in [0.2, 0.25) is 0 Å². The zero-order valence-corrected chi connectivity index (χ0v) is 3.92. The predicted molar refractivity (Wildman–Crippen MR) is 25.0 cm³/mol. The Morgan fingerprint density at radius 1 is 2.00 bits per heavy atom. The Bertz CT molecular complexity index is 30.8. The molecule has 0 aromatic rings. The van der Waals surface area contributed by atoms with Crippen molar-refractivity contribution in [2.75, 3.05) is 6.61 Å². The predicted octanol–water partition coefficient (Wildman–Crippen LogP) is 0.755. The molecule has 0 heterocycles. The van der Waals surface area contributed by atoms with Gasteiger partial charge in [-0.15, -0.1) is 0 Å². The van der Waals surface area contributed by atoms with E-state index in [0.717, 1.165) is 0 Å². The van der Waals surface area contributed by atoms with Crippen LogP contribution in [0, 0.1) is 0 Å². The van der Waals surface area contributed by atoms with Crippen molar-refractivity contribution >= 4 is 18.4 Å². The van der Waals surface area contributed by atoms with E-state index in [1.807, 2.05) is 6.92 Å². The van der Waals surface area contributed by atoms with Crippen LogP contribution >= 0.6 is 12.1 Å². The topological polar surface area (TPSA) is 9.23 Å². The third-order valence-electron chi connectivity index (χ3n) is 0.235. The molecule has 0 radical (unpaired) electrons. The molecule has 0 aromatic carbocycles. The molecule has 5 heavy (non-hydrogen) atoms. The summed E-state index contributed by atoms with van der Waals surface area (Å²) in [5.41, 5.74) is 0. The first-order valence-corrected chi connectivity index (χ1v) is 1.94. The Labute approximate surface area is 37.5 Å². The van der Waals surface area contributed by atoms with Crippen LogP contribution in [-0.4, -0.2) is 13.0 Å². The van der Waals surface area contributed by atoms with Gasteiger partial charge in [-0.05, 0) is 0 Å². The van der Waals surface area contributed by atoms with Crippen LogP contribution in [0.2, 0.25) is 0 Å². The van der Waals surface area contributed by atoms with E-state index in [1.54, 1.807) is 0 Å². The molecule has 0 N–H and O–H groups in total. The molecular formula is C2H5BOS. The average molecular weight is 87.9 g/mol. The van der Waals surface area contributed by atoms with Crippen molar-refractivity contribution in [2.45, 2.75) is 6.92 Å². The minimum absolute atomic E-state index is 0.684. The Kier molecular flexibility index (Phi) is 4.15. The summed E-state index contributed by atoms with van der Waals surface area (Å²) < 4.78 is 4.52. The van der Waals surface area contributed by atoms with Crippen molar-refractivity contribution in [3.63, 3.8) is 0 Å². The Morgan fingerprint density at radius 2 is 2.60 bits per heavy atom. The Balaban J connectivity index is 2.40. The van der Waals surface area contributed by atoms with Crippen LogP contribution in [0.25, 0.3) is 0 Å². The number of hydrogen-bond donors (Lipinski definition) is 0. The van der Waals surface area contributed by atoms with Crippen LogP contribution in [0.3, 0.4) is 0 Å². The number of rotatable bonds is 2. The maximum atomic E-state index is 4.52. The summed E-state index contributed by atoms with van der Waals surface area (Å²) in [5.74, 6) is 0. The Morgan fingerprint density at radius 3 is 2.60 bits per heavy atom. The van der Waals surface area contributed by atoms with Gasteiger partial charge >= 0.3 is 36.6 Å². The summed E-state index contributed by atoms with van der Waals surface area (Å²) in [7, 11) is 0. The van der Waals surface area contributed by atoms with Gasteiger partial charge in [0, 0.05) is 0 Å². The first-order chi connectivity index (χ1) is 2.41. The second kappa shape index (κ2) is 4.08. The third-order valence-corrected chi connectivity index (χ3v) is 0.371. The van der Waals surface area contributed by atoms with Crippen LogP contribution in [0.5, 0.6) is 0 Å². The van der Waals surface area contributed by atoms with Gasteiger partial charge in [0.1, 0.15) is 0 Å². The minimum atomic E-state index is 0.684. The van der Waals surface area contributed by atoms with Crippen LogP contribution in [0.1, 0.15) is 6.92 Å². The molecule has 3 heteroatoms. The molecule has 0 bridgehead atoms. The zero-order chi connectivity index (χ0) is 4.12. The van der Waals surface area contributed by atoms with E-state index in [1.165, 1.54) is 6.36 Å². The van der Waals surface area contributed by atoms with Gasteiger partial charge in [0.15, 0.2) is 0 Å². The summed E-state index contributed by atoms with van der Waals surface area (Å²) in [5, 5.41) is 0. The second-order valence-electron chi connectivity index (χ2n) is 0.552. The third kappa shape index (κ3) is 4.08. The van der Waals surface area contributed by atoms with E-state index in [9.17, 15) is 0 Å². The molecule has 0 saturated heterocycles. The average Bonchev–Trinajstić information content (AvgIpc) is 1.41. The van der Waals surface area contributed by atoms with E-state index in [4.69, 9.17) is 0 Å². The van der Waals surface area contributed by atoms with Crippen LogP contribution in [0.15, 0.2) is 0 Å². The van der Waals surface area contributed by atoms with E-state index in [0.29, 0.717) is 6.61 Å². The molecule has 0 spiro atoms. The maximum absolute atomic E-state index is 4.52. The molecule has 0 rings (SSSR count). The van der Waals surface area contributed by atoms with Crippen molar-refractivity contribution in [2.24, 2.45) is 0 Å². The summed E-state index contributed by atoms with van der Waals surface area (Å²) in [6.45, 7) is 2.58. The molecule has 0 unspecified atom stereocenters. The van der Waals surface area contributed by atoms with Gasteiger partial charge in [-0.2, -0.15) is 0 Å². The molecule has 1 nitrogen and oxygen atoms in total. The molecule has 0 aromatic heterocycles. The van der Waals surface area contributed by atoms with Gasteiger partial charge in [-0.25, -0.2) is 0 Å². The summed E-state index contributed by atoms with van der Waals surface area (Å²) in [6, 6.07) is 0. The van der Waals surface area contributed by atoms with Crippen LogP contribution < -0.4 is 0 Å². The van der Waals surface area contributed by atoms with Gasteiger partial charge in [-0.1, -0.05) is 0 Å². The number of hydrogen-bond acceptors (Lipinski definition) is 2. The molecular weight excluding hydrogens is 82.9 g/mol. The monoisotopic (exact) mass is 88.0 g/mol. The molecule has 28 valence electrons. The zero-order valence-electron chi connectivity index (χ0n) is 3.10. The van der Waals surface area contributed by atoms with E-state index in [2.05, 4.69) is 16.7 Å². The van der Waals surface area contributed by atoms with Gasteiger partial charge in [0.05, 0.1) is 0 Å². The van der Waals surface area contributed by atoms with Crippen molar-refractivity contribution in [1.29, 1.82) is 0 Å². The molecule has 0 saturated carbocycles. The van der Waals surface area contributed by atoms with E-state index < -0.39 is 0 Å². The van der Waals surface area contributed by atoms with E-state index >= 15 is 0 Å². The summed E-state index contributed by atoms with van der Waals surface area (Å²) in [4.78, 5) is 0. The molecule has 0 aliphatic heterocycles. The molecule has 0 atom stereocenters. The first kappa shape index (κ1) is 5.08. The summed E-state index contributed by atoms with van der Waals surface area (Å²) in [6.07, 6.45) is 1.26. The van der Waals surface area contributed by atoms with E-state index in [-0.39, 0.29) is 0 Å². The van der Waals surface area contributed by atoms with Crippen molar-refractivity contribution in [3.8, 4) is 0 Å². The quantitative estimate of drug-likeness (QED) is 0.460. The van der Waals surface area contributed by atoms with Crippen molar-refractivity contribution < 1.29 is 4.65 Å². The van der Waals surface area contributed by atoms with Crippen LogP contribution in [0.4, 0.5) is 0 Å². The van der Waals surface area contributed by atoms with Gasteiger partial charge in [0.25, 0.3) is 0 Å². The molecule has 0 fully saturated rings. The first-order valence-electron chi connectivity index (χ1n) is 1.47.